The molecule has 3 aromatic carbocycles. The summed E-state index contributed by atoms with van der Waals surface area (Å²) in [6.07, 6.45) is 0. The van der Waals surface area contributed by atoms with Crippen LogP contribution in [0.3, 0.4) is 0 Å². The number of hydrogen-bond donors (Lipinski definition) is 2. The molecule has 0 spiro atoms. The van der Waals surface area contributed by atoms with Gasteiger partial charge in [-0.15, -0.1) is 0 Å². The molecular weight excluding hydrogens is 332 g/mol. The second-order valence-corrected chi connectivity index (χ2v) is 5.08. The molecule has 0 bridgehead atoms. The van der Waals surface area contributed by atoms with Gasteiger partial charge in [-0.2, -0.15) is 109 Å². The molecule has 0 unspecified atom stereocenters. The van der Waals surface area contributed by atoms with Crippen LogP contribution in [0, 0.1) is 18.2 Å². The van der Waals surface area contributed by atoms with Crippen molar-refractivity contribution in [3.05, 3.63) is 109 Å². The van der Waals surface area contributed by atoms with Crippen molar-refractivity contribution in [2.75, 3.05) is 0 Å². The molecule has 0 aliphatic rings. The quantitative estimate of drug-likeness (QED) is 0.612. The zero-order valence-electron chi connectivity index (χ0n) is 12.3. The van der Waals surface area contributed by atoms with Gasteiger partial charge >= 0.3 is 29.5 Å². The topological polar surface area (TPSA) is 74.6 Å². The summed E-state index contributed by atoms with van der Waals surface area (Å²) in [6, 6.07) is 37.5. The SMILES string of the molecule is [O]=[Cr](=[O])([OH])[OH].[c-]1ccccc1.[c-]1ccccc1.[c-]1ccccc1. The molecule has 2 N–H and O–H groups in total. The van der Waals surface area contributed by atoms with Crippen LogP contribution in [0.15, 0.2) is 91.0 Å². The fourth-order valence-electron chi connectivity index (χ4n) is 1.03. The maximum atomic E-state index is 8.82. The average molecular weight is 349 g/mol. The molecule has 4 nitrogen and oxygen atoms in total. The third-order valence-electron chi connectivity index (χ3n) is 1.82. The van der Waals surface area contributed by atoms with Crippen LogP contribution in [0.2, 0.25) is 0 Å². The van der Waals surface area contributed by atoms with Crippen molar-refractivity contribution in [1.82, 2.24) is 0 Å². The summed E-state index contributed by atoms with van der Waals surface area (Å²) in [5, 5.41) is 0. The Morgan fingerprint density at radius 1 is 0.478 bits per heavy atom. The fraction of sp³-hybridized carbons (Fsp3) is 0. The maximum Gasteiger partial charge on any atom is -0.171 e. The first kappa shape index (κ1) is 20.7. The van der Waals surface area contributed by atoms with Gasteiger partial charge in [0.15, 0.2) is 0 Å². The third-order valence-corrected chi connectivity index (χ3v) is 1.82. The monoisotopic (exact) mass is 349 g/mol. The summed E-state index contributed by atoms with van der Waals surface area (Å²) in [4.78, 5) is 0. The standard InChI is InChI=1S/3C6H5.Cr.2H2O.2O/c3*1-2-4-6-5-3-1;;;;;/h3*1-5H;;2*1H2;;/q3*-1;+2;;;;/p-2. The second kappa shape index (κ2) is 14.6. The van der Waals surface area contributed by atoms with Crippen molar-refractivity contribution in [3.8, 4) is 0 Å². The molecule has 0 atom stereocenters. The molecule has 0 heterocycles. The van der Waals surface area contributed by atoms with Crippen LogP contribution in [-0.2, 0) is 21.2 Å². The molecule has 3 rings (SSSR count). The van der Waals surface area contributed by atoms with Crippen molar-refractivity contribution in [2.45, 2.75) is 0 Å². The van der Waals surface area contributed by atoms with E-state index in [1.807, 2.05) is 91.0 Å². The van der Waals surface area contributed by atoms with Gasteiger partial charge < -0.3 is 0 Å². The Bertz CT molecular complexity index is 494. The molecule has 0 radical (unpaired) electrons. The van der Waals surface area contributed by atoms with E-state index in [1.165, 1.54) is 0 Å². The summed E-state index contributed by atoms with van der Waals surface area (Å²) >= 11 is -5.25. The van der Waals surface area contributed by atoms with Crippen LogP contribution < -0.4 is 0 Å². The molecule has 23 heavy (non-hydrogen) atoms. The normalized spacial score (nSPS) is 8.78. The summed E-state index contributed by atoms with van der Waals surface area (Å²) in [5.41, 5.74) is 0. The van der Waals surface area contributed by atoms with E-state index in [0.29, 0.717) is 0 Å². The summed E-state index contributed by atoms with van der Waals surface area (Å²) in [6.45, 7) is 0. The van der Waals surface area contributed by atoms with Gasteiger partial charge in [-0.25, -0.2) is 0 Å². The van der Waals surface area contributed by atoms with Crippen LogP contribution in [0.25, 0.3) is 0 Å². The molecule has 0 saturated carbocycles. The molecule has 3 aromatic rings. The summed E-state index contributed by atoms with van der Waals surface area (Å²) in [7, 11) is 0. The van der Waals surface area contributed by atoms with Gasteiger partial charge in [-0.1, -0.05) is 0 Å². The van der Waals surface area contributed by atoms with Gasteiger partial charge in [0.2, 0.25) is 0 Å². The third kappa shape index (κ3) is 25.1. The minimum absolute atomic E-state index is 1.88. The zero-order chi connectivity index (χ0) is 17.2. The first-order valence-electron chi connectivity index (χ1n) is 6.43. The van der Waals surface area contributed by atoms with Crippen molar-refractivity contribution >= 4 is 0 Å². The van der Waals surface area contributed by atoms with Crippen molar-refractivity contribution < 1.29 is 29.5 Å². The molecule has 0 fully saturated rings. The van der Waals surface area contributed by atoms with E-state index in [4.69, 9.17) is 15.9 Å². The van der Waals surface area contributed by atoms with Crippen LogP contribution >= 0.6 is 0 Å². The summed E-state index contributed by atoms with van der Waals surface area (Å²) in [5.74, 6) is 0. The maximum absolute atomic E-state index is 8.82. The number of benzene rings is 3. The second-order valence-electron chi connectivity index (χ2n) is 3.68. The van der Waals surface area contributed by atoms with Gasteiger partial charge in [-0.05, 0) is 0 Å². The largest absolute Gasteiger partial charge is 0.184 e. The van der Waals surface area contributed by atoms with Crippen LogP contribution in [0.4, 0.5) is 0 Å². The average Bonchev–Trinajstić information content (AvgIpc) is 2.59. The van der Waals surface area contributed by atoms with E-state index in [0.717, 1.165) is 0 Å². The molecule has 122 valence electrons. The van der Waals surface area contributed by atoms with Gasteiger partial charge in [0, 0.05) is 0 Å². The Labute approximate surface area is 139 Å². The minimum Gasteiger partial charge on any atom is -0.184 e. The van der Waals surface area contributed by atoms with Crippen LogP contribution in [0.5, 0.6) is 0 Å². The Morgan fingerprint density at radius 3 is 0.696 bits per heavy atom. The summed E-state index contributed by atoms with van der Waals surface area (Å²) < 4.78 is 31.9. The molecule has 0 saturated heterocycles. The fourth-order valence-corrected chi connectivity index (χ4v) is 1.03. The Hall–Kier alpha value is -2.29. The molecule has 0 aliphatic heterocycles. The first-order chi connectivity index (χ1) is 11.0. The smallest absolute Gasteiger partial charge is 0.171 e. The Morgan fingerprint density at radius 2 is 0.652 bits per heavy atom. The minimum atomic E-state index is -5.25. The van der Waals surface area contributed by atoms with Gasteiger partial charge in [-0.3, -0.25) is 0 Å². The molecule has 5 heteroatoms. The number of rotatable bonds is 0. The van der Waals surface area contributed by atoms with E-state index < -0.39 is 13.6 Å². The van der Waals surface area contributed by atoms with Crippen molar-refractivity contribution in [1.29, 1.82) is 0 Å². The number of hydrogen-bond acceptors (Lipinski definition) is 2. The Balaban J connectivity index is 0.000000282. The van der Waals surface area contributed by atoms with E-state index in [1.54, 1.807) is 0 Å². The predicted molar refractivity (Wildman–Crippen MR) is 81.6 cm³/mol. The first-order valence-corrected chi connectivity index (χ1v) is 8.61. The van der Waals surface area contributed by atoms with E-state index >= 15 is 0 Å². The molecule has 0 amide bonds. The molecular formula is C18H17CrO4-3. The Kier molecular flexibility index (Phi) is 13.2. The van der Waals surface area contributed by atoms with Crippen LogP contribution in [-0.4, -0.2) is 8.32 Å². The van der Waals surface area contributed by atoms with E-state index in [9.17, 15) is 0 Å². The molecule has 0 aromatic heterocycles. The molecule has 0 aliphatic carbocycles. The van der Waals surface area contributed by atoms with E-state index in [-0.39, 0.29) is 0 Å². The predicted octanol–water partition coefficient (Wildman–Crippen LogP) is 3.11. The van der Waals surface area contributed by atoms with Crippen molar-refractivity contribution in [2.24, 2.45) is 0 Å². The zero-order valence-corrected chi connectivity index (χ0v) is 13.6. The van der Waals surface area contributed by atoms with Crippen molar-refractivity contribution in [3.63, 3.8) is 0 Å². The van der Waals surface area contributed by atoms with E-state index in [2.05, 4.69) is 18.2 Å². The van der Waals surface area contributed by atoms with Gasteiger partial charge in [0.1, 0.15) is 0 Å². The van der Waals surface area contributed by atoms with Gasteiger partial charge in [0.05, 0.1) is 0 Å². The van der Waals surface area contributed by atoms with Crippen LogP contribution in [0.1, 0.15) is 0 Å². The van der Waals surface area contributed by atoms with Gasteiger partial charge in [0.25, 0.3) is 0 Å².